The number of nitrogens with two attached hydrogens (primary N) is 1. The van der Waals surface area contributed by atoms with Crippen molar-refractivity contribution in [2.75, 3.05) is 50.0 Å². The van der Waals surface area contributed by atoms with Gasteiger partial charge in [-0.15, -0.1) is 0 Å². The lowest BCUT2D eigenvalue weighted by atomic mass is 9.69. The second-order valence-electron chi connectivity index (χ2n) is 13.6. The molecule has 2 aromatic rings. The van der Waals surface area contributed by atoms with Gasteiger partial charge in [0.2, 0.25) is 0 Å². The topological polar surface area (TPSA) is 110 Å². The Hall–Kier alpha value is -3.00. The predicted molar refractivity (Wildman–Crippen MR) is 154 cm³/mol. The zero-order chi connectivity index (χ0) is 28.7. The van der Waals surface area contributed by atoms with Crippen LogP contribution >= 0.6 is 0 Å². The van der Waals surface area contributed by atoms with Crippen LogP contribution in [0, 0.1) is 11.3 Å². The van der Waals surface area contributed by atoms with Crippen molar-refractivity contribution in [2.24, 2.45) is 0 Å². The molecule has 0 bridgehead atoms. The van der Waals surface area contributed by atoms with E-state index in [4.69, 9.17) is 29.9 Å². The van der Waals surface area contributed by atoms with Crippen molar-refractivity contribution in [3.63, 3.8) is 0 Å². The molecule has 2 spiro atoms. The van der Waals surface area contributed by atoms with E-state index in [2.05, 4.69) is 28.9 Å². The number of nitriles is 1. The van der Waals surface area contributed by atoms with Gasteiger partial charge in [0.15, 0.2) is 0 Å². The minimum atomic E-state index is -0.815. The largest absolute Gasteiger partial charge is 0.461 e. The van der Waals surface area contributed by atoms with E-state index < -0.39 is 11.8 Å². The average molecular weight is 575 g/mol. The molecule has 9 nitrogen and oxygen atoms in total. The number of aromatic nitrogens is 2. The number of benzene rings is 1. The van der Waals surface area contributed by atoms with Crippen molar-refractivity contribution >= 4 is 11.5 Å². The van der Waals surface area contributed by atoms with Crippen LogP contribution in [0.15, 0.2) is 12.1 Å². The van der Waals surface area contributed by atoms with Gasteiger partial charge in [-0.2, -0.15) is 15.2 Å². The van der Waals surface area contributed by atoms with E-state index in [0.717, 1.165) is 93.0 Å². The van der Waals surface area contributed by atoms with E-state index in [1.807, 2.05) is 6.07 Å². The molecule has 1 aromatic heterocycles. The van der Waals surface area contributed by atoms with E-state index in [-0.39, 0.29) is 11.1 Å². The maximum Gasteiger partial charge on any atom is 0.318 e. The molecule has 4 fully saturated rings. The van der Waals surface area contributed by atoms with Crippen LogP contribution in [0.25, 0.3) is 0 Å². The normalized spacial score (nSPS) is 35.1. The monoisotopic (exact) mass is 574 g/mol. The van der Waals surface area contributed by atoms with Gasteiger partial charge in [0.05, 0.1) is 35.6 Å². The summed E-state index contributed by atoms with van der Waals surface area (Å²) in [5, 5.41) is 10.2. The quantitative estimate of drug-likeness (QED) is 0.539. The summed E-state index contributed by atoms with van der Waals surface area (Å²) in [6.45, 7) is 6.79. The number of nitrogens with zero attached hydrogens (tertiary/aromatic N) is 5. The van der Waals surface area contributed by atoms with Gasteiger partial charge in [-0.25, -0.2) is 4.39 Å². The highest BCUT2D eigenvalue weighted by molar-refractivity contribution is 5.64. The fourth-order valence-electron chi connectivity index (χ4n) is 8.74. The number of alkyl halides is 1. The standard InChI is InChI=1S/C32H39FN6O3/c1-20-5-7-32(27-22(20)3-4-25(35)23(27)15-34)14-26-24(17-42-32)28(38-11-8-31(18-38)9-12-41-31)37-29(36-26)40-19-30-6-2-10-39(30)16-21(33)13-30/h3-4,20-21H,2,5-14,16-19,35H2,1H3/t20-,21+,30-,31+,32-/m0/s1. The molecule has 2 N–H and O–H groups in total. The van der Waals surface area contributed by atoms with Crippen molar-refractivity contribution < 1.29 is 18.6 Å². The summed E-state index contributed by atoms with van der Waals surface area (Å²) in [5.74, 6) is 1.16. The molecule has 1 aliphatic carbocycles. The molecule has 1 aromatic carbocycles. The van der Waals surface area contributed by atoms with Crippen LogP contribution in [-0.4, -0.2) is 71.6 Å². The summed E-state index contributed by atoms with van der Waals surface area (Å²) in [4.78, 5) is 14.6. The first-order valence-corrected chi connectivity index (χ1v) is 15.6. The van der Waals surface area contributed by atoms with Gasteiger partial charge in [-0.1, -0.05) is 13.0 Å². The van der Waals surface area contributed by atoms with E-state index in [0.29, 0.717) is 55.8 Å². The SMILES string of the molecule is C[C@H]1CC[C@]2(Cc3nc(OC[C@@]45CCCN4C[C@H](F)C5)nc(N4CC[C@@]5(CCO5)C4)c3CO2)c2c1ccc(N)c2C#N. The van der Waals surface area contributed by atoms with Crippen molar-refractivity contribution in [1.82, 2.24) is 14.9 Å². The lowest BCUT2D eigenvalue weighted by Gasteiger charge is -2.45. The number of ether oxygens (including phenoxy) is 3. The predicted octanol–water partition coefficient (Wildman–Crippen LogP) is 4.12. The maximum atomic E-state index is 14.5. The van der Waals surface area contributed by atoms with Crippen LogP contribution in [0.1, 0.15) is 85.7 Å². The molecule has 0 radical (unpaired) electrons. The summed E-state index contributed by atoms with van der Waals surface area (Å²) in [5.41, 5.74) is 10.2. The van der Waals surface area contributed by atoms with Gasteiger partial charge in [-0.05, 0) is 56.2 Å². The fraction of sp³-hybridized carbons (Fsp3) is 0.656. The summed E-state index contributed by atoms with van der Waals surface area (Å²) in [6, 6.07) is 6.64. The average Bonchev–Trinajstić information content (AvgIpc) is 3.66. The van der Waals surface area contributed by atoms with Crippen molar-refractivity contribution in [3.05, 3.63) is 40.1 Å². The van der Waals surface area contributed by atoms with Gasteiger partial charge in [0.25, 0.3) is 0 Å². The number of anilines is 2. The molecule has 10 heteroatoms. The molecule has 0 saturated carbocycles. The molecule has 4 saturated heterocycles. The minimum absolute atomic E-state index is 0.0867. The molecular formula is C32H39FN6O3. The fourth-order valence-corrected chi connectivity index (χ4v) is 8.74. The molecule has 6 heterocycles. The maximum absolute atomic E-state index is 14.5. The summed E-state index contributed by atoms with van der Waals surface area (Å²) < 4.78 is 33.7. The smallest absolute Gasteiger partial charge is 0.318 e. The highest BCUT2D eigenvalue weighted by Gasteiger charge is 2.51. The van der Waals surface area contributed by atoms with Gasteiger partial charge in [0, 0.05) is 55.7 Å². The summed E-state index contributed by atoms with van der Waals surface area (Å²) in [6.07, 6.45) is 5.97. The van der Waals surface area contributed by atoms with Crippen LogP contribution in [0.3, 0.4) is 0 Å². The molecule has 8 rings (SSSR count). The first kappa shape index (κ1) is 26.6. The number of hydrogen-bond donors (Lipinski definition) is 1. The van der Waals surface area contributed by atoms with Crippen molar-refractivity contribution in [3.8, 4) is 12.1 Å². The third kappa shape index (κ3) is 3.96. The molecule has 5 atom stereocenters. The van der Waals surface area contributed by atoms with Crippen LogP contribution in [0.5, 0.6) is 6.01 Å². The molecule has 0 amide bonds. The number of rotatable bonds is 4. The Morgan fingerprint density at radius 3 is 2.86 bits per heavy atom. The Balaban J connectivity index is 1.18. The zero-order valence-electron chi connectivity index (χ0n) is 24.3. The summed E-state index contributed by atoms with van der Waals surface area (Å²) in [7, 11) is 0. The molecule has 0 unspecified atom stereocenters. The Labute approximate surface area is 246 Å². The Bertz CT molecular complexity index is 1480. The number of halogens is 1. The minimum Gasteiger partial charge on any atom is -0.461 e. The van der Waals surface area contributed by atoms with E-state index in [9.17, 15) is 9.65 Å². The van der Waals surface area contributed by atoms with Gasteiger partial charge < -0.3 is 24.8 Å². The third-order valence-electron chi connectivity index (χ3n) is 11.2. The van der Waals surface area contributed by atoms with Gasteiger partial charge >= 0.3 is 6.01 Å². The molecule has 6 aliphatic rings. The van der Waals surface area contributed by atoms with Crippen molar-refractivity contribution in [2.45, 2.75) is 93.7 Å². The lowest BCUT2D eigenvalue weighted by Crippen LogP contribution is -2.46. The first-order valence-electron chi connectivity index (χ1n) is 15.6. The number of hydrogen-bond acceptors (Lipinski definition) is 9. The molecule has 5 aliphatic heterocycles. The van der Waals surface area contributed by atoms with Gasteiger partial charge in [-0.3, -0.25) is 4.90 Å². The molecule has 42 heavy (non-hydrogen) atoms. The first-order chi connectivity index (χ1) is 20.3. The van der Waals surface area contributed by atoms with Crippen LogP contribution in [-0.2, 0) is 28.1 Å². The Morgan fingerprint density at radius 2 is 2.07 bits per heavy atom. The van der Waals surface area contributed by atoms with Crippen LogP contribution in [0.2, 0.25) is 0 Å². The van der Waals surface area contributed by atoms with Crippen LogP contribution < -0.4 is 15.4 Å². The molecular weight excluding hydrogens is 535 g/mol. The zero-order valence-corrected chi connectivity index (χ0v) is 24.3. The van der Waals surface area contributed by atoms with E-state index >= 15 is 0 Å². The van der Waals surface area contributed by atoms with E-state index in [1.54, 1.807) is 0 Å². The lowest BCUT2D eigenvalue weighted by molar-refractivity contribution is -0.130. The van der Waals surface area contributed by atoms with Crippen LogP contribution in [0.4, 0.5) is 15.9 Å². The Kier molecular flexibility index (Phi) is 6.02. The number of nitrogen functional groups attached to an aromatic ring is 1. The van der Waals surface area contributed by atoms with E-state index in [1.165, 1.54) is 0 Å². The summed E-state index contributed by atoms with van der Waals surface area (Å²) >= 11 is 0. The molecule has 222 valence electrons. The van der Waals surface area contributed by atoms with Gasteiger partial charge in [0.1, 0.15) is 30.3 Å². The highest BCUT2D eigenvalue weighted by Crippen LogP contribution is 2.51. The third-order valence-corrected chi connectivity index (χ3v) is 11.2. The Morgan fingerprint density at radius 1 is 1.19 bits per heavy atom. The number of fused-ring (bicyclic) bond motifs is 4. The van der Waals surface area contributed by atoms with Crippen molar-refractivity contribution in [1.29, 1.82) is 5.26 Å². The second-order valence-corrected chi connectivity index (χ2v) is 13.6. The highest BCUT2D eigenvalue weighted by atomic mass is 19.1. The second kappa shape index (κ2) is 9.50.